The summed E-state index contributed by atoms with van der Waals surface area (Å²) in [5.74, 6) is 0. The van der Waals surface area contributed by atoms with Crippen LogP contribution in [0.1, 0.15) is 0 Å². The smallest absolute Gasteiger partial charge is 0.258 e. The number of non-ortho nitro benzene ring substituents is 1. The van der Waals surface area contributed by atoms with E-state index in [1.807, 2.05) is 24.3 Å². The Balaban J connectivity index is 1.85. The van der Waals surface area contributed by atoms with Crippen LogP contribution in [0.2, 0.25) is 0 Å². The van der Waals surface area contributed by atoms with Crippen LogP contribution in [-0.4, -0.2) is 4.92 Å². The molecule has 0 saturated carbocycles. The fraction of sp³-hybridized carbons (Fsp3) is 0. The van der Waals surface area contributed by atoms with Gasteiger partial charge in [-0.3, -0.25) is 10.1 Å². The average Bonchev–Trinajstić information content (AvgIpc) is 2.78. The Hall–Kier alpha value is -3.98. The highest BCUT2D eigenvalue weighted by atomic mass is 16.6. The Bertz CT molecular complexity index is 1370. The van der Waals surface area contributed by atoms with Crippen LogP contribution in [-0.2, 0) is 0 Å². The molecule has 5 aromatic rings. The summed E-state index contributed by atoms with van der Waals surface area (Å²) in [4.78, 5) is 10.7. The monoisotopic (exact) mass is 375 g/mol. The third kappa shape index (κ3) is 2.93. The molecule has 0 amide bonds. The molecule has 5 rings (SSSR count). The molecule has 0 aliphatic heterocycles. The van der Waals surface area contributed by atoms with Gasteiger partial charge in [0.1, 0.15) is 0 Å². The van der Waals surface area contributed by atoms with Crippen molar-refractivity contribution in [2.24, 2.45) is 0 Å². The molecule has 0 heterocycles. The van der Waals surface area contributed by atoms with Crippen LogP contribution in [0.4, 0.5) is 5.69 Å². The lowest BCUT2D eigenvalue weighted by molar-refractivity contribution is -0.384. The molecule has 0 aliphatic carbocycles. The normalized spacial score (nSPS) is 11.0. The second kappa shape index (κ2) is 6.88. The van der Waals surface area contributed by atoms with Crippen molar-refractivity contribution in [1.82, 2.24) is 0 Å². The van der Waals surface area contributed by atoms with E-state index in [1.165, 1.54) is 21.5 Å². The summed E-state index contributed by atoms with van der Waals surface area (Å²) in [5, 5.41) is 15.8. The van der Waals surface area contributed by atoms with E-state index in [0.29, 0.717) is 0 Å². The molecule has 3 nitrogen and oxygen atoms in total. The van der Waals surface area contributed by atoms with E-state index in [1.54, 1.807) is 12.1 Å². The Morgan fingerprint density at radius 3 is 1.90 bits per heavy atom. The van der Waals surface area contributed by atoms with Crippen molar-refractivity contribution in [2.75, 3.05) is 0 Å². The zero-order valence-corrected chi connectivity index (χ0v) is 15.6. The Morgan fingerprint density at radius 1 is 0.552 bits per heavy atom. The van der Waals surface area contributed by atoms with Crippen LogP contribution in [0.5, 0.6) is 0 Å². The SMILES string of the molecule is O=[N+]([O-])c1ccc(-c2ccc3ccccc3c2-c2cccc3ccccc23)cc1. The summed E-state index contributed by atoms with van der Waals surface area (Å²) >= 11 is 0. The molecule has 0 fully saturated rings. The molecular weight excluding hydrogens is 358 g/mol. The standard InChI is InChI=1S/C26H17NO2/c28-27(29)21-15-12-20(13-16-21)24-17-14-19-7-2-4-10-23(19)26(24)25-11-5-8-18-6-1-3-9-22(18)25/h1-17H. The first-order valence-electron chi connectivity index (χ1n) is 9.47. The highest BCUT2D eigenvalue weighted by Gasteiger charge is 2.15. The maximum atomic E-state index is 11.1. The molecule has 0 aliphatic rings. The summed E-state index contributed by atoms with van der Waals surface area (Å²) in [5.41, 5.74) is 4.43. The average molecular weight is 375 g/mol. The first kappa shape index (κ1) is 17.1. The number of hydrogen-bond acceptors (Lipinski definition) is 2. The molecule has 0 unspecified atom stereocenters. The van der Waals surface area contributed by atoms with Crippen LogP contribution >= 0.6 is 0 Å². The third-order valence-corrected chi connectivity index (χ3v) is 5.38. The van der Waals surface area contributed by atoms with Crippen molar-refractivity contribution in [1.29, 1.82) is 0 Å². The molecule has 0 radical (unpaired) electrons. The van der Waals surface area contributed by atoms with E-state index < -0.39 is 0 Å². The zero-order chi connectivity index (χ0) is 19.8. The minimum Gasteiger partial charge on any atom is -0.258 e. The molecule has 0 spiro atoms. The molecule has 3 heteroatoms. The van der Waals surface area contributed by atoms with Crippen molar-refractivity contribution < 1.29 is 4.92 Å². The van der Waals surface area contributed by atoms with Gasteiger partial charge in [0.2, 0.25) is 0 Å². The van der Waals surface area contributed by atoms with Gasteiger partial charge in [0.25, 0.3) is 5.69 Å². The number of hydrogen-bond donors (Lipinski definition) is 0. The molecule has 0 saturated heterocycles. The van der Waals surface area contributed by atoms with Gasteiger partial charge in [-0.15, -0.1) is 0 Å². The van der Waals surface area contributed by atoms with Gasteiger partial charge in [-0.25, -0.2) is 0 Å². The van der Waals surface area contributed by atoms with Gasteiger partial charge in [-0.05, 0) is 55.9 Å². The van der Waals surface area contributed by atoms with Gasteiger partial charge in [-0.1, -0.05) is 78.9 Å². The quantitative estimate of drug-likeness (QED) is 0.246. The molecule has 0 bridgehead atoms. The third-order valence-electron chi connectivity index (χ3n) is 5.38. The van der Waals surface area contributed by atoms with Gasteiger partial charge in [0.05, 0.1) is 4.92 Å². The van der Waals surface area contributed by atoms with Crippen molar-refractivity contribution in [3.05, 3.63) is 113 Å². The maximum Gasteiger partial charge on any atom is 0.269 e. The zero-order valence-electron chi connectivity index (χ0n) is 15.6. The first-order chi connectivity index (χ1) is 14.2. The van der Waals surface area contributed by atoms with E-state index in [9.17, 15) is 10.1 Å². The number of rotatable bonds is 3. The van der Waals surface area contributed by atoms with Crippen LogP contribution in [0.25, 0.3) is 43.8 Å². The van der Waals surface area contributed by atoms with Gasteiger partial charge in [0, 0.05) is 12.1 Å². The highest BCUT2D eigenvalue weighted by molar-refractivity contribution is 6.10. The molecule has 29 heavy (non-hydrogen) atoms. The second-order valence-corrected chi connectivity index (χ2v) is 7.04. The van der Waals surface area contributed by atoms with Gasteiger partial charge < -0.3 is 0 Å². The van der Waals surface area contributed by atoms with Crippen molar-refractivity contribution >= 4 is 27.2 Å². The van der Waals surface area contributed by atoms with Crippen LogP contribution in [0.3, 0.4) is 0 Å². The fourth-order valence-electron chi connectivity index (χ4n) is 4.01. The number of nitro groups is 1. The van der Waals surface area contributed by atoms with Crippen molar-refractivity contribution in [3.8, 4) is 22.3 Å². The van der Waals surface area contributed by atoms with Gasteiger partial charge in [0.15, 0.2) is 0 Å². The van der Waals surface area contributed by atoms with E-state index in [0.717, 1.165) is 22.3 Å². The van der Waals surface area contributed by atoms with Gasteiger partial charge in [-0.2, -0.15) is 0 Å². The molecule has 0 N–H and O–H groups in total. The Labute approximate surface area is 168 Å². The second-order valence-electron chi connectivity index (χ2n) is 7.04. The van der Waals surface area contributed by atoms with Crippen LogP contribution in [0, 0.1) is 10.1 Å². The summed E-state index contributed by atoms with van der Waals surface area (Å²) in [6, 6.07) is 34.1. The predicted octanol–water partition coefficient (Wildman–Crippen LogP) is 7.24. The fourth-order valence-corrected chi connectivity index (χ4v) is 4.01. The lowest BCUT2D eigenvalue weighted by Gasteiger charge is -2.16. The highest BCUT2D eigenvalue weighted by Crippen LogP contribution is 2.41. The Kier molecular flexibility index (Phi) is 4.07. The maximum absolute atomic E-state index is 11.1. The number of nitro benzene ring substituents is 1. The Morgan fingerprint density at radius 2 is 1.17 bits per heavy atom. The van der Waals surface area contributed by atoms with Crippen molar-refractivity contribution in [3.63, 3.8) is 0 Å². The van der Waals surface area contributed by atoms with Crippen LogP contribution < -0.4 is 0 Å². The topological polar surface area (TPSA) is 43.1 Å². The molecule has 5 aromatic carbocycles. The number of fused-ring (bicyclic) bond motifs is 2. The first-order valence-corrected chi connectivity index (χ1v) is 9.47. The van der Waals surface area contributed by atoms with Gasteiger partial charge >= 0.3 is 0 Å². The summed E-state index contributed by atoms with van der Waals surface area (Å²) < 4.78 is 0. The minimum atomic E-state index is -0.365. The summed E-state index contributed by atoms with van der Waals surface area (Å²) in [6.45, 7) is 0. The minimum absolute atomic E-state index is 0.0984. The molecule has 0 atom stereocenters. The van der Waals surface area contributed by atoms with E-state index in [-0.39, 0.29) is 10.6 Å². The molecule has 138 valence electrons. The predicted molar refractivity (Wildman–Crippen MR) is 119 cm³/mol. The lowest BCUT2D eigenvalue weighted by Crippen LogP contribution is -1.91. The largest absolute Gasteiger partial charge is 0.269 e. The summed E-state index contributed by atoms with van der Waals surface area (Å²) in [6.07, 6.45) is 0. The summed E-state index contributed by atoms with van der Waals surface area (Å²) in [7, 11) is 0. The van der Waals surface area contributed by atoms with Crippen molar-refractivity contribution in [2.45, 2.75) is 0 Å². The molecule has 0 aromatic heterocycles. The number of nitrogens with zero attached hydrogens (tertiary/aromatic N) is 1. The lowest BCUT2D eigenvalue weighted by atomic mass is 9.87. The van der Waals surface area contributed by atoms with E-state index in [2.05, 4.69) is 66.7 Å². The van der Waals surface area contributed by atoms with E-state index >= 15 is 0 Å². The molecular formula is C26H17NO2. The number of benzene rings is 5. The van der Waals surface area contributed by atoms with E-state index in [4.69, 9.17) is 0 Å². The van der Waals surface area contributed by atoms with Crippen LogP contribution in [0.15, 0.2) is 103 Å².